The molecule has 4 nitrogen and oxygen atoms in total. The molecule has 1 amide bonds. The molecule has 3 N–H and O–H groups in total. The molecule has 2 aromatic rings. The number of hydrazine groups is 1. The first-order valence-corrected chi connectivity index (χ1v) is 7.02. The zero-order valence-electron chi connectivity index (χ0n) is 12.7. The van der Waals surface area contributed by atoms with Crippen molar-refractivity contribution in [2.24, 2.45) is 5.84 Å². The summed E-state index contributed by atoms with van der Waals surface area (Å²) in [7, 11) is 0. The van der Waals surface area contributed by atoms with Gasteiger partial charge in [-0.05, 0) is 45.0 Å². The van der Waals surface area contributed by atoms with E-state index in [9.17, 15) is 4.79 Å². The lowest BCUT2D eigenvalue weighted by atomic mass is 10.1. The van der Waals surface area contributed by atoms with Gasteiger partial charge in [-0.1, -0.05) is 29.3 Å². The van der Waals surface area contributed by atoms with Crippen molar-refractivity contribution in [3.8, 4) is 0 Å². The van der Waals surface area contributed by atoms with E-state index < -0.39 is 0 Å². The molecule has 0 aliphatic heterocycles. The van der Waals surface area contributed by atoms with Gasteiger partial charge in [0, 0.05) is 12.2 Å². The predicted octanol–water partition coefficient (Wildman–Crippen LogP) is 3.26. The fourth-order valence-electron chi connectivity index (χ4n) is 2.27. The molecule has 0 fully saturated rings. The lowest BCUT2D eigenvalue weighted by Crippen LogP contribution is -2.31. The molecule has 0 bridgehead atoms. The third-order valence-electron chi connectivity index (χ3n) is 3.47. The third-order valence-corrected chi connectivity index (χ3v) is 3.47. The van der Waals surface area contributed by atoms with Crippen LogP contribution < -0.4 is 16.2 Å². The molecule has 110 valence electrons. The molecular formula is C17H21N3O. The van der Waals surface area contributed by atoms with E-state index in [4.69, 9.17) is 5.84 Å². The summed E-state index contributed by atoms with van der Waals surface area (Å²) >= 11 is 0. The van der Waals surface area contributed by atoms with Crippen LogP contribution >= 0.6 is 0 Å². The van der Waals surface area contributed by atoms with Gasteiger partial charge < -0.3 is 10.3 Å². The fraction of sp³-hybridized carbons (Fsp3) is 0.235. The summed E-state index contributed by atoms with van der Waals surface area (Å²) < 4.78 is 0. The summed E-state index contributed by atoms with van der Waals surface area (Å²) in [5.74, 6) is 5.46. The number of hydrogen-bond donors (Lipinski definition) is 2. The summed E-state index contributed by atoms with van der Waals surface area (Å²) in [5, 5.41) is 0. The first-order chi connectivity index (χ1) is 10.1. The van der Waals surface area contributed by atoms with Gasteiger partial charge in [0.15, 0.2) is 0 Å². The summed E-state index contributed by atoms with van der Waals surface area (Å²) in [4.78, 5) is 14.6. The molecule has 0 saturated heterocycles. The summed E-state index contributed by atoms with van der Waals surface area (Å²) in [6.45, 7) is 6.54. The number of nitrogens with zero attached hydrogens (tertiary/aromatic N) is 1. The van der Waals surface area contributed by atoms with Crippen molar-refractivity contribution in [3.05, 3.63) is 59.2 Å². The zero-order valence-corrected chi connectivity index (χ0v) is 12.7. The maximum atomic E-state index is 12.8. The Bertz CT molecular complexity index is 635. The molecule has 0 saturated carbocycles. The number of rotatable bonds is 4. The van der Waals surface area contributed by atoms with E-state index in [2.05, 4.69) is 5.43 Å². The summed E-state index contributed by atoms with van der Waals surface area (Å²) in [6.07, 6.45) is 0. The lowest BCUT2D eigenvalue weighted by molar-refractivity contribution is 0.0989. The molecule has 21 heavy (non-hydrogen) atoms. The zero-order chi connectivity index (χ0) is 15.4. The van der Waals surface area contributed by atoms with Crippen LogP contribution in [-0.2, 0) is 0 Å². The number of benzene rings is 2. The highest BCUT2D eigenvalue weighted by atomic mass is 16.2. The molecular weight excluding hydrogens is 262 g/mol. The number of amides is 1. The molecule has 0 aliphatic carbocycles. The Morgan fingerprint density at radius 2 is 1.71 bits per heavy atom. The molecule has 4 heteroatoms. The van der Waals surface area contributed by atoms with Gasteiger partial charge in [0.05, 0.1) is 11.3 Å². The van der Waals surface area contributed by atoms with Crippen molar-refractivity contribution in [2.75, 3.05) is 16.9 Å². The van der Waals surface area contributed by atoms with Crippen LogP contribution in [-0.4, -0.2) is 12.5 Å². The number of nitrogens with two attached hydrogens (primary N) is 1. The Labute approximate surface area is 125 Å². The Kier molecular flexibility index (Phi) is 4.60. The van der Waals surface area contributed by atoms with Crippen LogP contribution in [0.15, 0.2) is 42.5 Å². The molecule has 0 atom stereocenters. The van der Waals surface area contributed by atoms with Crippen molar-refractivity contribution in [1.82, 2.24) is 0 Å². The molecule has 0 radical (unpaired) electrons. The van der Waals surface area contributed by atoms with Crippen molar-refractivity contribution < 1.29 is 4.79 Å². The Hall–Kier alpha value is -2.33. The summed E-state index contributed by atoms with van der Waals surface area (Å²) in [5.41, 5.74) is 6.89. The molecule has 0 heterocycles. The Morgan fingerprint density at radius 3 is 2.29 bits per heavy atom. The Balaban J connectivity index is 2.41. The molecule has 2 rings (SSSR count). The number of nitrogens with one attached hydrogen (secondary N) is 1. The second-order valence-electron chi connectivity index (χ2n) is 5.08. The van der Waals surface area contributed by atoms with Crippen LogP contribution in [0.5, 0.6) is 0 Å². The van der Waals surface area contributed by atoms with E-state index in [1.165, 1.54) is 5.56 Å². The smallest absolute Gasteiger partial charge is 0.260 e. The normalized spacial score (nSPS) is 10.3. The maximum Gasteiger partial charge on any atom is 0.260 e. The van der Waals surface area contributed by atoms with Crippen LogP contribution in [0.1, 0.15) is 28.4 Å². The highest BCUT2D eigenvalue weighted by Gasteiger charge is 2.19. The molecule has 0 aromatic heterocycles. The van der Waals surface area contributed by atoms with Crippen molar-refractivity contribution in [1.29, 1.82) is 0 Å². The van der Waals surface area contributed by atoms with Crippen molar-refractivity contribution in [3.63, 3.8) is 0 Å². The van der Waals surface area contributed by atoms with E-state index in [1.807, 2.05) is 63.2 Å². The highest BCUT2D eigenvalue weighted by molar-refractivity contribution is 6.09. The van der Waals surface area contributed by atoms with Gasteiger partial charge in [-0.2, -0.15) is 0 Å². The first kappa shape index (κ1) is 15.1. The average molecular weight is 283 g/mol. The first-order valence-electron chi connectivity index (χ1n) is 7.02. The molecule has 0 unspecified atom stereocenters. The number of carbonyl (C=O) groups is 1. The number of hydrogen-bond acceptors (Lipinski definition) is 3. The van der Waals surface area contributed by atoms with Crippen LogP contribution in [0.4, 0.5) is 11.4 Å². The number of nitrogen functional groups attached to an aromatic ring is 1. The minimum atomic E-state index is -0.0574. The van der Waals surface area contributed by atoms with Crippen LogP contribution in [0.25, 0.3) is 0 Å². The van der Waals surface area contributed by atoms with Crippen LogP contribution in [0.3, 0.4) is 0 Å². The SMILES string of the molecule is CCN(C(=O)c1cc(C)ccc1NN)c1ccc(C)cc1. The number of aryl methyl sites for hydroxylation is 2. The van der Waals surface area contributed by atoms with Gasteiger partial charge in [-0.25, -0.2) is 0 Å². The van der Waals surface area contributed by atoms with Gasteiger partial charge in [0.25, 0.3) is 5.91 Å². The number of carbonyl (C=O) groups excluding carboxylic acids is 1. The minimum absolute atomic E-state index is 0.0574. The predicted molar refractivity (Wildman–Crippen MR) is 87.5 cm³/mol. The van der Waals surface area contributed by atoms with Crippen molar-refractivity contribution >= 4 is 17.3 Å². The quantitative estimate of drug-likeness (QED) is 0.669. The molecule has 0 aliphatic rings. The van der Waals surface area contributed by atoms with Gasteiger partial charge >= 0.3 is 0 Å². The van der Waals surface area contributed by atoms with Gasteiger partial charge in [0.1, 0.15) is 0 Å². The van der Waals surface area contributed by atoms with Crippen LogP contribution in [0.2, 0.25) is 0 Å². The monoisotopic (exact) mass is 283 g/mol. The van der Waals surface area contributed by atoms with Gasteiger partial charge in [0.2, 0.25) is 0 Å². The minimum Gasteiger partial charge on any atom is -0.323 e. The second kappa shape index (κ2) is 6.41. The van der Waals surface area contributed by atoms with Gasteiger partial charge in [-0.15, -0.1) is 0 Å². The fourth-order valence-corrected chi connectivity index (χ4v) is 2.27. The highest BCUT2D eigenvalue weighted by Crippen LogP contribution is 2.22. The molecule has 2 aromatic carbocycles. The largest absolute Gasteiger partial charge is 0.323 e. The van der Waals surface area contributed by atoms with E-state index in [-0.39, 0.29) is 5.91 Å². The van der Waals surface area contributed by atoms with E-state index >= 15 is 0 Å². The maximum absolute atomic E-state index is 12.8. The van der Waals surface area contributed by atoms with E-state index in [1.54, 1.807) is 4.90 Å². The third kappa shape index (κ3) is 3.23. The topological polar surface area (TPSA) is 58.4 Å². The summed E-state index contributed by atoms with van der Waals surface area (Å²) in [6, 6.07) is 13.5. The Morgan fingerprint density at radius 1 is 1.10 bits per heavy atom. The van der Waals surface area contributed by atoms with E-state index in [0.29, 0.717) is 17.8 Å². The standard InChI is InChI=1S/C17H21N3O/c1-4-20(14-8-5-12(2)6-9-14)17(21)15-11-13(3)7-10-16(15)19-18/h5-11,19H,4,18H2,1-3H3. The van der Waals surface area contributed by atoms with E-state index in [0.717, 1.165) is 11.3 Å². The van der Waals surface area contributed by atoms with Gasteiger partial charge in [-0.3, -0.25) is 10.6 Å². The molecule has 0 spiro atoms. The second-order valence-corrected chi connectivity index (χ2v) is 5.08. The average Bonchev–Trinajstić information content (AvgIpc) is 2.49. The number of anilines is 2. The van der Waals surface area contributed by atoms with Crippen LogP contribution in [0, 0.1) is 13.8 Å². The van der Waals surface area contributed by atoms with Crippen molar-refractivity contribution in [2.45, 2.75) is 20.8 Å². The lowest BCUT2D eigenvalue weighted by Gasteiger charge is -2.22.